The summed E-state index contributed by atoms with van der Waals surface area (Å²) in [6, 6.07) is 0. The molecular weight excluding hydrogens is 182 g/mol. The zero-order chi connectivity index (χ0) is 11.9. The van der Waals surface area contributed by atoms with Crippen LogP contribution in [0.25, 0.3) is 0 Å². The average Bonchev–Trinajstić information content (AvgIpc) is 2.23. The topological polar surface area (TPSA) is 3.24 Å². The molecule has 0 aliphatic heterocycles. The van der Waals surface area contributed by atoms with Crippen molar-refractivity contribution in [2.45, 2.75) is 60.8 Å². The molecule has 0 atom stereocenters. The first-order chi connectivity index (χ1) is 6.97. The van der Waals surface area contributed by atoms with Crippen molar-refractivity contribution in [2.75, 3.05) is 19.6 Å². The van der Waals surface area contributed by atoms with Gasteiger partial charge in [0.05, 0.1) is 0 Å². The Balaban J connectivity index is 3.98. The van der Waals surface area contributed by atoms with Crippen molar-refractivity contribution in [3.63, 3.8) is 0 Å². The SMILES string of the molecule is CCN(CCC(C)(CC)CC)CC(C)C. The van der Waals surface area contributed by atoms with Crippen LogP contribution < -0.4 is 0 Å². The predicted octanol–water partition coefficient (Wildman–Crippen LogP) is 4.18. The summed E-state index contributed by atoms with van der Waals surface area (Å²) in [7, 11) is 0. The first-order valence-corrected chi connectivity index (χ1v) is 6.69. The maximum Gasteiger partial charge on any atom is 0.000427 e. The molecule has 0 spiro atoms. The zero-order valence-electron chi connectivity index (χ0n) is 11.8. The molecular formula is C14H31N. The van der Waals surface area contributed by atoms with Gasteiger partial charge in [-0.2, -0.15) is 0 Å². The number of hydrogen-bond acceptors (Lipinski definition) is 1. The van der Waals surface area contributed by atoms with E-state index in [0.29, 0.717) is 5.41 Å². The normalized spacial score (nSPS) is 12.8. The van der Waals surface area contributed by atoms with E-state index in [-0.39, 0.29) is 0 Å². The standard InChI is InChI=1S/C14H31N/c1-7-14(6,8-2)10-11-15(9-3)12-13(4)5/h13H,7-12H2,1-6H3. The van der Waals surface area contributed by atoms with Gasteiger partial charge in [-0.05, 0) is 30.8 Å². The Bertz CT molecular complexity index is 147. The lowest BCUT2D eigenvalue weighted by Gasteiger charge is -2.31. The van der Waals surface area contributed by atoms with Crippen molar-refractivity contribution in [1.82, 2.24) is 4.90 Å². The Morgan fingerprint density at radius 3 is 1.93 bits per heavy atom. The van der Waals surface area contributed by atoms with Gasteiger partial charge in [-0.3, -0.25) is 0 Å². The number of rotatable bonds is 8. The molecule has 0 radical (unpaired) electrons. The molecule has 0 fully saturated rings. The van der Waals surface area contributed by atoms with Crippen molar-refractivity contribution in [3.05, 3.63) is 0 Å². The van der Waals surface area contributed by atoms with Crippen molar-refractivity contribution in [2.24, 2.45) is 11.3 Å². The molecule has 0 rings (SSSR count). The minimum absolute atomic E-state index is 0.560. The summed E-state index contributed by atoms with van der Waals surface area (Å²) in [5.74, 6) is 0.791. The van der Waals surface area contributed by atoms with Crippen LogP contribution in [0.4, 0.5) is 0 Å². The van der Waals surface area contributed by atoms with Crippen molar-refractivity contribution in [3.8, 4) is 0 Å². The highest BCUT2D eigenvalue weighted by molar-refractivity contribution is 4.73. The van der Waals surface area contributed by atoms with Gasteiger partial charge in [0.15, 0.2) is 0 Å². The summed E-state index contributed by atoms with van der Waals surface area (Å²) in [6.45, 7) is 17.7. The Hall–Kier alpha value is -0.0400. The predicted molar refractivity (Wildman–Crippen MR) is 70.3 cm³/mol. The maximum atomic E-state index is 2.59. The van der Waals surface area contributed by atoms with E-state index in [1.807, 2.05) is 0 Å². The summed E-state index contributed by atoms with van der Waals surface area (Å²) in [4.78, 5) is 2.59. The highest BCUT2D eigenvalue weighted by atomic mass is 15.1. The van der Waals surface area contributed by atoms with Crippen molar-refractivity contribution < 1.29 is 0 Å². The molecule has 0 aromatic heterocycles. The molecule has 0 bridgehead atoms. The largest absolute Gasteiger partial charge is 0.303 e. The van der Waals surface area contributed by atoms with E-state index in [0.717, 1.165) is 5.92 Å². The summed E-state index contributed by atoms with van der Waals surface area (Å²) >= 11 is 0. The molecule has 0 aromatic carbocycles. The summed E-state index contributed by atoms with van der Waals surface area (Å²) in [6.07, 6.45) is 3.96. The van der Waals surface area contributed by atoms with Gasteiger partial charge >= 0.3 is 0 Å². The Morgan fingerprint density at radius 1 is 1.07 bits per heavy atom. The van der Waals surface area contributed by atoms with Gasteiger partial charge in [-0.15, -0.1) is 0 Å². The van der Waals surface area contributed by atoms with Crippen molar-refractivity contribution >= 4 is 0 Å². The third-order valence-corrected chi connectivity index (χ3v) is 3.81. The molecule has 0 aliphatic carbocycles. The quantitative estimate of drug-likeness (QED) is 0.584. The molecule has 0 heterocycles. The van der Waals surface area contributed by atoms with E-state index in [1.165, 1.54) is 38.9 Å². The molecule has 0 saturated heterocycles. The van der Waals surface area contributed by atoms with Gasteiger partial charge in [0, 0.05) is 6.54 Å². The minimum atomic E-state index is 0.560. The molecule has 1 nitrogen and oxygen atoms in total. The van der Waals surface area contributed by atoms with Crippen LogP contribution in [0.2, 0.25) is 0 Å². The third-order valence-electron chi connectivity index (χ3n) is 3.81. The van der Waals surface area contributed by atoms with Gasteiger partial charge in [-0.25, -0.2) is 0 Å². The summed E-state index contributed by atoms with van der Waals surface area (Å²) < 4.78 is 0. The molecule has 1 heteroatoms. The Kier molecular flexibility index (Phi) is 7.25. The van der Waals surface area contributed by atoms with Gasteiger partial charge < -0.3 is 4.90 Å². The Morgan fingerprint density at radius 2 is 1.60 bits per heavy atom. The number of hydrogen-bond donors (Lipinski definition) is 0. The first-order valence-electron chi connectivity index (χ1n) is 6.69. The summed E-state index contributed by atoms with van der Waals surface area (Å²) in [5, 5.41) is 0. The fourth-order valence-corrected chi connectivity index (χ4v) is 1.93. The summed E-state index contributed by atoms with van der Waals surface area (Å²) in [5.41, 5.74) is 0.560. The third kappa shape index (κ3) is 6.19. The molecule has 15 heavy (non-hydrogen) atoms. The van der Waals surface area contributed by atoms with E-state index in [2.05, 4.69) is 46.4 Å². The highest BCUT2D eigenvalue weighted by Gasteiger charge is 2.20. The Labute approximate surface area is 97.2 Å². The zero-order valence-corrected chi connectivity index (χ0v) is 11.8. The van der Waals surface area contributed by atoms with Crippen LogP contribution in [0.3, 0.4) is 0 Å². The molecule has 0 aliphatic rings. The van der Waals surface area contributed by atoms with E-state index in [4.69, 9.17) is 0 Å². The van der Waals surface area contributed by atoms with Gasteiger partial charge in [0.2, 0.25) is 0 Å². The first kappa shape index (κ1) is 15.0. The van der Waals surface area contributed by atoms with Crippen LogP contribution in [0.1, 0.15) is 60.8 Å². The number of nitrogens with zero attached hydrogens (tertiary/aromatic N) is 1. The molecule has 0 unspecified atom stereocenters. The monoisotopic (exact) mass is 213 g/mol. The van der Waals surface area contributed by atoms with Crippen LogP contribution in [0.15, 0.2) is 0 Å². The smallest absolute Gasteiger partial charge is 0.000427 e. The second kappa shape index (κ2) is 7.27. The van der Waals surface area contributed by atoms with E-state index < -0.39 is 0 Å². The molecule has 0 amide bonds. The van der Waals surface area contributed by atoms with Crippen molar-refractivity contribution in [1.29, 1.82) is 0 Å². The van der Waals surface area contributed by atoms with E-state index >= 15 is 0 Å². The minimum Gasteiger partial charge on any atom is -0.303 e. The molecule has 92 valence electrons. The van der Waals surface area contributed by atoms with Crippen LogP contribution in [0, 0.1) is 11.3 Å². The molecule has 0 N–H and O–H groups in total. The maximum absolute atomic E-state index is 2.59. The second-order valence-electron chi connectivity index (χ2n) is 5.55. The van der Waals surface area contributed by atoms with Crippen LogP contribution in [0.5, 0.6) is 0 Å². The second-order valence-corrected chi connectivity index (χ2v) is 5.55. The average molecular weight is 213 g/mol. The lowest BCUT2D eigenvalue weighted by Crippen LogP contribution is -2.31. The fraction of sp³-hybridized carbons (Fsp3) is 1.00. The van der Waals surface area contributed by atoms with Gasteiger partial charge in [0.1, 0.15) is 0 Å². The van der Waals surface area contributed by atoms with E-state index in [1.54, 1.807) is 0 Å². The lowest BCUT2D eigenvalue weighted by atomic mass is 9.81. The van der Waals surface area contributed by atoms with Gasteiger partial charge in [0.25, 0.3) is 0 Å². The van der Waals surface area contributed by atoms with E-state index in [9.17, 15) is 0 Å². The van der Waals surface area contributed by atoms with Crippen LogP contribution in [-0.4, -0.2) is 24.5 Å². The van der Waals surface area contributed by atoms with Gasteiger partial charge in [-0.1, -0.05) is 54.4 Å². The highest BCUT2D eigenvalue weighted by Crippen LogP contribution is 2.29. The molecule has 0 aromatic rings. The van der Waals surface area contributed by atoms with Crippen LogP contribution >= 0.6 is 0 Å². The fourth-order valence-electron chi connectivity index (χ4n) is 1.93. The molecule has 0 saturated carbocycles. The van der Waals surface area contributed by atoms with Crippen LogP contribution in [-0.2, 0) is 0 Å². The lowest BCUT2D eigenvalue weighted by molar-refractivity contribution is 0.187.